The van der Waals surface area contributed by atoms with Crippen LogP contribution in [0.25, 0.3) is 0 Å². The Hall–Kier alpha value is -1.76. The van der Waals surface area contributed by atoms with Crippen molar-refractivity contribution in [1.29, 1.82) is 0 Å². The van der Waals surface area contributed by atoms with E-state index >= 15 is 0 Å². The van der Waals surface area contributed by atoms with Crippen molar-refractivity contribution >= 4 is 23.2 Å². The van der Waals surface area contributed by atoms with Crippen LogP contribution in [0.5, 0.6) is 0 Å². The highest BCUT2D eigenvalue weighted by Crippen LogP contribution is 2.26. The van der Waals surface area contributed by atoms with Gasteiger partial charge in [-0.1, -0.05) is 0 Å². The number of alkyl halides is 1. The quantitative estimate of drug-likeness (QED) is 0.488. The maximum atomic E-state index is 13.9. The van der Waals surface area contributed by atoms with Gasteiger partial charge in [-0.25, -0.2) is 4.39 Å². The molecule has 0 radical (unpaired) electrons. The first-order valence-electron chi connectivity index (χ1n) is 5.60. The average Bonchev–Trinajstić information content (AvgIpc) is 2.37. The molecule has 0 aliphatic rings. The Morgan fingerprint density at radius 2 is 2.00 bits per heavy atom. The zero-order chi connectivity index (χ0) is 15.7. The number of nitrogens with zero attached hydrogens (tertiary/aromatic N) is 2. The van der Waals surface area contributed by atoms with Gasteiger partial charge in [-0.05, 0) is 19.9 Å². The van der Waals surface area contributed by atoms with Gasteiger partial charge in [0.05, 0.1) is 10.5 Å². The lowest BCUT2D eigenvalue weighted by Crippen LogP contribution is -2.47. The molecule has 0 atom stereocenters. The van der Waals surface area contributed by atoms with Gasteiger partial charge in [-0.15, -0.1) is 11.6 Å². The Morgan fingerprint density at radius 1 is 1.45 bits per heavy atom. The Kier molecular flexibility index (Phi) is 4.65. The van der Waals surface area contributed by atoms with Crippen molar-refractivity contribution in [2.45, 2.75) is 19.4 Å². The summed E-state index contributed by atoms with van der Waals surface area (Å²) in [6.45, 7) is 3.20. The summed E-state index contributed by atoms with van der Waals surface area (Å²) in [7, 11) is 1.32. The van der Waals surface area contributed by atoms with Gasteiger partial charge in [0.2, 0.25) is 5.82 Å². The largest absolute Gasteiger partial charge is 0.335 e. The van der Waals surface area contributed by atoms with E-state index in [9.17, 15) is 23.7 Å². The van der Waals surface area contributed by atoms with Crippen LogP contribution < -0.4 is 0 Å². The topological polar surface area (TPSA) is 63.5 Å². The van der Waals surface area contributed by atoms with E-state index in [2.05, 4.69) is 0 Å². The fourth-order valence-corrected chi connectivity index (χ4v) is 1.59. The number of rotatable bonds is 4. The smallest absolute Gasteiger partial charge is 0.305 e. The van der Waals surface area contributed by atoms with E-state index in [0.717, 1.165) is 4.90 Å². The van der Waals surface area contributed by atoms with Crippen LogP contribution in [-0.4, -0.2) is 34.2 Å². The van der Waals surface area contributed by atoms with Crippen molar-refractivity contribution in [3.8, 4) is 0 Å². The number of nitro benzene ring substituents is 1. The summed E-state index contributed by atoms with van der Waals surface area (Å²) < 4.78 is 27.6. The first-order valence-corrected chi connectivity index (χ1v) is 6.13. The first kappa shape index (κ1) is 16.3. The predicted octanol–water partition coefficient (Wildman–Crippen LogP) is 2.96. The molecule has 20 heavy (non-hydrogen) atoms. The fourth-order valence-electron chi connectivity index (χ4n) is 1.41. The molecule has 0 unspecified atom stereocenters. The molecule has 0 aliphatic carbocycles. The zero-order valence-corrected chi connectivity index (χ0v) is 11.9. The molecule has 8 heteroatoms. The summed E-state index contributed by atoms with van der Waals surface area (Å²) in [5.41, 5.74) is -2.77. The number of benzene rings is 1. The third-order valence-electron chi connectivity index (χ3n) is 3.02. The number of amides is 1. The number of hydrogen-bond acceptors (Lipinski definition) is 3. The van der Waals surface area contributed by atoms with Gasteiger partial charge in [-0.2, -0.15) is 4.39 Å². The lowest BCUT2D eigenvalue weighted by atomic mass is 10.0. The molecule has 1 aromatic carbocycles. The van der Waals surface area contributed by atoms with E-state index < -0.39 is 39.3 Å². The second-order valence-electron chi connectivity index (χ2n) is 4.82. The third-order valence-corrected chi connectivity index (χ3v) is 3.67. The van der Waals surface area contributed by atoms with Crippen LogP contribution in [0.2, 0.25) is 0 Å². The van der Waals surface area contributed by atoms with E-state index in [1.54, 1.807) is 13.8 Å². The number of hydrogen-bond donors (Lipinski definition) is 0. The Balaban J connectivity index is 3.36. The summed E-state index contributed by atoms with van der Waals surface area (Å²) >= 11 is 5.69. The van der Waals surface area contributed by atoms with Crippen molar-refractivity contribution in [2.24, 2.45) is 0 Å². The molecule has 0 aromatic heterocycles. The first-order chi connectivity index (χ1) is 9.13. The van der Waals surface area contributed by atoms with Crippen LogP contribution in [0.1, 0.15) is 24.2 Å². The highest BCUT2D eigenvalue weighted by atomic mass is 35.5. The van der Waals surface area contributed by atoms with Crippen molar-refractivity contribution in [1.82, 2.24) is 4.90 Å². The summed E-state index contributed by atoms with van der Waals surface area (Å²) in [5.74, 6) is -3.62. The van der Waals surface area contributed by atoms with Crippen LogP contribution in [0.3, 0.4) is 0 Å². The zero-order valence-electron chi connectivity index (χ0n) is 11.1. The molecule has 0 spiro atoms. The van der Waals surface area contributed by atoms with Crippen LogP contribution in [-0.2, 0) is 0 Å². The molecule has 0 bridgehead atoms. The Labute approximate surface area is 119 Å². The second-order valence-corrected chi connectivity index (χ2v) is 5.09. The summed E-state index contributed by atoms with van der Waals surface area (Å²) in [4.78, 5) is 22.8. The van der Waals surface area contributed by atoms with E-state index in [-0.39, 0.29) is 5.88 Å². The molecule has 0 fully saturated rings. The normalized spacial score (nSPS) is 11.3. The predicted molar refractivity (Wildman–Crippen MR) is 69.9 cm³/mol. The Morgan fingerprint density at radius 3 is 2.45 bits per heavy atom. The molecule has 1 amide bonds. The van der Waals surface area contributed by atoms with Crippen molar-refractivity contribution in [3.05, 3.63) is 39.4 Å². The number of carbonyl (C=O) groups is 1. The van der Waals surface area contributed by atoms with Gasteiger partial charge in [0.25, 0.3) is 5.91 Å². The molecular weight excluding hydrogens is 294 g/mol. The van der Waals surface area contributed by atoms with Crippen molar-refractivity contribution in [2.75, 3.05) is 12.9 Å². The lowest BCUT2D eigenvalue weighted by Gasteiger charge is -2.34. The average molecular weight is 307 g/mol. The summed E-state index contributed by atoms with van der Waals surface area (Å²) in [6.07, 6.45) is 0. The van der Waals surface area contributed by atoms with Crippen LogP contribution >= 0.6 is 11.6 Å². The standard InChI is InChI=1S/C12H13ClF2N2O3/c1-12(2,6-13)16(3)11(18)9-7(14)4-5-8(10(9)15)17(19)20/h4-5H,6H2,1-3H3. The lowest BCUT2D eigenvalue weighted by molar-refractivity contribution is -0.387. The van der Waals surface area contributed by atoms with Gasteiger partial charge in [0.15, 0.2) is 0 Å². The van der Waals surface area contributed by atoms with Gasteiger partial charge < -0.3 is 4.90 Å². The van der Waals surface area contributed by atoms with Gasteiger partial charge in [0.1, 0.15) is 11.4 Å². The van der Waals surface area contributed by atoms with Gasteiger partial charge >= 0.3 is 5.69 Å². The SMILES string of the molecule is CN(C(=O)c1c(F)ccc([N+](=O)[O-])c1F)C(C)(C)CCl. The molecule has 1 aromatic rings. The molecule has 0 heterocycles. The second kappa shape index (κ2) is 5.70. The minimum Gasteiger partial charge on any atom is -0.335 e. The molecule has 110 valence electrons. The number of carbonyl (C=O) groups excluding carboxylic acids is 1. The molecule has 0 saturated carbocycles. The van der Waals surface area contributed by atoms with Gasteiger partial charge in [0, 0.05) is 19.0 Å². The van der Waals surface area contributed by atoms with E-state index in [4.69, 9.17) is 11.6 Å². The Bertz CT molecular complexity index is 564. The maximum Gasteiger partial charge on any atom is 0.305 e. The minimum atomic E-state index is -1.49. The number of nitro groups is 1. The molecule has 5 nitrogen and oxygen atoms in total. The maximum absolute atomic E-state index is 13.9. The van der Waals surface area contributed by atoms with Crippen molar-refractivity contribution < 1.29 is 18.5 Å². The fraction of sp³-hybridized carbons (Fsp3) is 0.417. The summed E-state index contributed by atoms with van der Waals surface area (Å²) in [5, 5.41) is 10.6. The highest BCUT2D eigenvalue weighted by molar-refractivity contribution is 6.18. The number of halogens is 3. The van der Waals surface area contributed by atoms with Crippen LogP contribution in [0.15, 0.2) is 12.1 Å². The molecule has 0 saturated heterocycles. The van der Waals surface area contributed by atoms with Crippen molar-refractivity contribution in [3.63, 3.8) is 0 Å². The van der Waals surface area contributed by atoms with E-state index in [0.29, 0.717) is 12.1 Å². The van der Waals surface area contributed by atoms with E-state index in [1.807, 2.05) is 0 Å². The summed E-state index contributed by atoms with van der Waals surface area (Å²) in [6, 6.07) is 1.37. The molecule has 1 rings (SSSR count). The minimum absolute atomic E-state index is 0.0351. The van der Waals surface area contributed by atoms with E-state index in [1.165, 1.54) is 7.05 Å². The van der Waals surface area contributed by atoms with Crippen LogP contribution in [0, 0.1) is 21.7 Å². The van der Waals surface area contributed by atoms with Crippen LogP contribution in [0.4, 0.5) is 14.5 Å². The molecule has 0 N–H and O–H groups in total. The van der Waals surface area contributed by atoms with Gasteiger partial charge in [-0.3, -0.25) is 14.9 Å². The third kappa shape index (κ3) is 2.87. The highest BCUT2D eigenvalue weighted by Gasteiger charge is 2.33. The molecule has 0 aliphatic heterocycles. The monoisotopic (exact) mass is 306 g/mol. The molecular formula is C12H13ClF2N2O3.